The van der Waals surface area contributed by atoms with Crippen LogP contribution in [0.2, 0.25) is 0 Å². The molecule has 0 unspecified atom stereocenters. The molecule has 1 saturated heterocycles. The van der Waals surface area contributed by atoms with Crippen LogP contribution in [0.15, 0.2) is 60.9 Å². The highest BCUT2D eigenvalue weighted by molar-refractivity contribution is 5.58. The van der Waals surface area contributed by atoms with Gasteiger partial charge in [-0.2, -0.15) is 13.2 Å². The van der Waals surface area contributed by atoms with E-state index < -0.39 is 11.7 Å². The maximum atomic E-state index is 13.0. The van der Waals surface area contributed by atoms with Gasteiger partial charge in [0.25, 0.3) is 0 Å². The Balaban J connectivity index is 1.42. The van der Waals surface area contributed by atoms with E-state index in [-0.39, 0.29) is 5.75 Å². The second kappa shape index (κ2) is 8.31. The van der Waals surface area contributed by atoms with E-state index in [1.54, 1.807) is 36.7 Å². The van der Waals surface area contributed by atoms with E-state index in [0.717, 1.165) is 17.2 Å². The molecule has 156 valence electrons. The minimum atomic E-state index is -4.34. The normalized spacial score (nSPS) is 15.4. The zero-order valence-electron chi connectivity index (χ0n) is 16.2. The van der Waals surface area contributed by atoms with E-state index >= 15 is 0 Å². The number of rotatable bonds is 4. The van der Waals surface area contributed by atoms with Crippen molar-refractivity contribution in [3.05, 3.63) is 72.1 Å². The Bertz CT molecular complexity index is 1000. The molecule has 1 N–H and O–H groups in total. The van der Waals surface area contributed by atoms with Crippen LogP contribution in [0, 0.1) is 0 Å². The Labute approximate surface area is 172 Å². The molecule has 3 aromatic rings. The second-order valence-electron chi connectivity index (χ2n) is 7.23. The summed E-state index contributed by atoms with van der Waals surface area (Å²) < 4.78 is 38.9. The number of aromatic hydroxyl groups is 1. The molecule has 0 bridgehead atoms. The van der Waals surface area contributed by atoms with Crippen LogP contribution in [0.1, 0.15) is 11.1 Å². The fraction of sp³-hybridized carbons (Fsp3) is 0.273. The van der Waals surface area contributed by atoms with Crippen molar-refractivity contribution in [1.82, 2.24) is 14.9 Å². The minimum Gasteiger partial charge on any atom is -0.508 e. The van der Waals surface area contributed by atoms with Crippen LogP contribution in [-0.4, -0.2) is 46.2 Å². The van der Waals surface area contributed by atoms with Crippen molar-refractivity contribution in [3.8, 4) is 17.1 Å². The molecule has 0 saturated carbocycles. The van der Waals surface area contributed by atoms with Crippen molar-refractivity contribution in [2.75, 3.05) is 31.1 Å². The summed E-state index contributed by atoms with van der Waals surface area (Å²) >= 11 is 0. The Hall–Kier alpha value is -3.13. The first-order chi connectivity index (χ1) is 14.4. The summed E-state index contributed by atoms with van der Waals surface area (Å²) in [5, 5.41) is 10.3. The number of piperazine rings is 1. The summed E-state index contributed by atoms with van der Waals surface area (Å²) in [6.07, 6.45) is -1.01. The van der Waals surface area contributed by atoms with E-state index in [4.69, 9.17) is 0 Å². The van der Waals surface area contributed by atoms with Gasteiger partial charge in [-0.25, -0.2) is 9.97 Å². The summed E-state index contributed by atoms with van der Waals surface area (Å²) in [6, 6.07) is 12.5. The lowest BCUT2D eigenvalue weighted by atomic mass is 10.1. The highest BCUT2D eigenvalue weighted by Crippen LogP contribution is 2.32. The van der Waals surface area contributed by atoms with Gasteiger partial charge in [-0.05, 0) is 42.5 Å². The van der Waals surface area contributed by atoms with E-state index in [1.165, 1.54) is 12.1 Å². The van der Waals surface area contributed by atoms with Crippen molar-refractivity contribution in [3.63, 3.8) is 0 Å². The van der Waals surface area contributed by atoms with E-state index in [1.807, 2.05) is 11.0 Å². The van der Waals surface area contributed by atoms with Crippen LogP contribution in [-0.2, 0) is 12.7 Å². The SMILES string of the molecule is Oc1ccc(-c2ncccn2)cc1CN1CCN(c2cccc(C(F)(F)F)c2)CC1. The van der Waals surface area contributed by atoms with E-state index in [2.05, 4.69) is 14.9 Å². The molecule has 2 heterocycles. The third-order valence-corrected chi connectivity index (χ3v) is 5.21. The third kappa shape index (κ3) is 4.54. The molecule has 0 radical (unpaired) electrons. The summed E-state index contributed by atoms with van der Waals surface area (Å²) in [5.41, 5.74) is 1.54. The zero-order chi connectivity index (χ0) is 21.1. The molecule has 8 heteroatoms. The standard InChI is InChI=1S/C22H21F3N4O/c23-22(24,25)18-3-1-4-19(14-18)29-11-9-28(10-12-29)15-17-13-16(5-6-20(17)30)21-26-7-2-8-27-21/h1-8,13-14,30H,9-12,15H2. The lowest BCUT2D eigenvalue weighted by Crippen LogP contribution is -2.46. The van der Waals surface area contributed by atoms with Crippen molar-refractivity contribution in [2.45, 2.75) is 12.7 Å². The van der Waals surface area contributed by atoms with Gasteiger partial charge in [-0.1, -0.05) is 6.07 Å². The highest BCUT2D eigenvalue weighted by Gasteiger charge is 2.31. The molecule has 2 aromatic carbocycles. The van der Waals surface area contributed by atoms with Crippen LogP contribution in [0.3, 0.4) is 0 Å². The number of halogens is 3. The van der Waals surface area contributed by atoms with Gasteiger partial charge >= 0.3 is 6.18 Å². The van der Waals surface area contributed by atoms with E-state index in [9.17, 15) is 18.3 Å². The van der Waals surface area contributed by atoms with Gasteiger partial charge in [0, 0.05) is 61.9 Å². The molecule has 1 aromatic heterocycles. The third-order valence-electron chi connectivity index (χ3n) is 5.21. The molecule has 1 aliphatic heterocycles. The first kappa shape index (κ1) is 20.2. The molecule has 0 aliphatic carbocycles. The Kier molecular flexibility index (Phi) is 5.59. The maximum Gasteiger partial charge on any atom is 0.416 e. The van der Waals surface area contributed by atoms with Gasteiger partial charge in [0.2, 0.25) is 0 Å². The van der Waals surface area contributed by atoms with Gasteiger partial charge in [-0.15, -0.1) is 0 Å². The van der Waals surface area contributed by atoms with Crippen LogP contribution in [0.5, 0.6) is 5.75 Å². The molecular formula is C22H21F3N4O. The van der Waals surface area contributed by atoms with Gasteiger partial charge in [0.1, 0.15) is 5.75 Å². The fourth-order valence-electron chi connectivity index (χ4n) is 3.58. The number of anilines is 1. The number of aromatic nitrogens is 2. The zero-order valence-corrected chi connectivity index (χ0v) is 16.2. The smallest absolute Gasteiger partial charge is 0.416 e. The largest absolute Gasteiger partial charge is 0.508 e. The average Bonchev–Trinajstić information content (AvgIpc) is 2.76. The lowest BCUT2D eigenvalue weighted by Gasteiger charge is -2.36. The fourth-order valence-corrected chi connectivity index (χ4v) is 3.58. The monoisotopic (exact) mass is 414 g/mol. The molecule has 1 fully saturated rings. The molecule has 0 amide bonds. The van der Waals surface area contributed by atoms with Crippen LogP contribution < -0.4 is 4.90 Å². The van der Waals surface area contributed by atoms with Gasteiger partial charge in [0.15, 0.2) is 5.82 Å². The summed E-state index contributed by atoms with van der Waals surface area (Å²) in [4.78, 5) is 12.6. The molecule has 5 nitrogen and oxygen atoms in total. The van der Waals surface area contributed by atoms with Crippen molar-refractivity contribution < 1.29 is 18.3 Å². The number of hydrogen-bond donors (Lipinski definition) is 1. The van der Waals surface area contributed by atoms with Crippen LogP contribution in [0.25, 0.3) is 11.4 Å². The molecule has 1 aliphatic rings. The Morgan fingerprint density at radius 3 is 2.33 bits per heavy atom. The number of benzene rings is 2. The average molecular weight is 414 g/mol. The highest BCUT2D eigenvalue weighted by atomic mass is 19.4. The number of phenolic OH excluding ortho intramolecular Hbond substituents is 1. The summed E-state index contributed by atoms with van der Waals surface area (Å²) in [6.45, 7) is 3.14. The maximum absolute atomic E-state index is 13.0. The quantitative estimate of drug-likeness (QED) is 0.694. The van der Waals surface area contributed by atoms with Gasteiger partial charge < -0.3 is 10.0 Å². The van der Waals surface area contributed by atoms with Crippen LogP contribution >= 0.6 is 0 Å². The molecule has 0 atom stereocenters. The second-order valence-corrected chi connectivity index (χ2v) is 7.23. The Morgan fingerprint density at radius 2 is 1.63 bits per heavy atom. The first-order valence-corrected chi connectivity index (χ1v) is 9.64. The van der Waals surface area contributed by atoms with E-state index in [0.29, 0.717) is 44.2 Å². The van der Waals surface area contributed by atoms with Crippen molar-refractivity contribution in [1.29, 1.82) is 0 Å². The van der Waals surface area contributed by atoms with Gasteiger partial charge in [-0.3, -0.25) is 4.90 Å². The molecule has 0 spiro atoms. The Morgan fingerprint density at radius 1 is 0.900 bits per heavy atom. The summed E-state index contributed by atoms with van der Waals surface area (Å²) in [5.74, 6) is 0.795. The predicted octanol–water partition coefficient (Wildman–Crippen LogP) is 4.19. The molecular weight excluding hydrogens is 393 g/mol. The molecule has 30 heavy (non-hydrogen) atoms. The number of phenols is 1. The first-order valence-electron chi connectivity index (χ1n) is 9.64. The van der Waals surface area contributed by atoms with Crippen molar-refractivity contribution >= 4 is 5.69 Å². The van der Waals surface area contributed by atoms with Crippen LogP contribution in [0.4, 0.5) is 18.9 Å². The van der Waals surface area contributed by atoms with Crippen molar-refractivity contribution in [2.24, 2.45) is 0 Å². The number of alkyl halides is 3. The number of hydrogen-bond acceptors (Lipinski definition) is 5. The predicted molar refractivity (Wildman–Crippen MR) is 108 cm³/mol. The topological polar surface area (TPSA) is 52.5 Å². The number of nitrogens with zero attached hydrogens (tertiary/aromatic N) is 4. The summed E-state index contributed by atoms with van der Waals surface area (Å²) in [7, 11) is 0. The lowest BCUT2D eigenvalue weighted by molar-refractivity contribution is -0.137. The van der Waals surface area contributed by atoms with Gasteiger partial charge in [0.05, 0.1) is 5.56 Å². The molecule has 4 rings (SSSR count). The minimum absolute atomic E-state index is 0.204.